The molecular weight excluding hydrogens is 282 g/mol. The molecule has 1 unspecified atom stereocenters. The van der Waals surface area contributed by atoms with E-state index in [2.05, 4.69) is 30.3 Å². The van der Waals surface area contributed by atoms with E-state index < -0.39 is 5.91 Å². The first kappa shape index (κ1) is 14.2. The van der Waals surface area contributed by atoms with Crippen molar-refractivity contribution >= 4 is 17.7 Å². The Morgan fingerprint density at radius 3 is 2.76 bits per heavy atom. The Labute approximate surface area is 128 Å². The minimum atomic E-state index is -0.417. The van der Waals surface area contributed by atoms with E-state index in [1.807, 2.05) is 18.2 Å². The van der Waals surface area contributed by atoms with Gasteiger partial charge in [-0.3, -0.25) is 4.79 Å². The summed E-state index contributed by atoms with van der Waals surface area (Å²) in [7, 11) is 0. The van der Waals surface area contributed by atoms with Crippen LogP contribution in [0.25, 0.3) is 0 Å². The van der Waals surface area contributed by atoms with Gasteiger partial charge in [0.1, 0.15) is 6.61 Å². The molecule has 3 nitrogen and oxygen atoms in total. The molecule has 21 heavy (non-hydrogen) atoms. The van der Waals surface area contributed by atoms with E-state index >= 15 is 0 Å². The van der Waals surface area contributed by atoms with Crippen molar-refractivity contribution < 1.29 is 9.53 Å². The molecule has 0 aliphatic heterocycles. The number of primary amides is 1. The van der Waals surface area contributed by atoms with Gasteiger partial charge in [-0.05, 0) is 48.2 Å². The van der Waals surface area contributed by atoms with Gasteiger partial charge in [-0.2, -0.15) is 0 Å². The van der Waals surface area contributed by atoms with Crippen LogP contribution in [0.2, 0.25) is 0 Å². The number of ether oxygens (including phenoxy) is 1. The predicted molar refractivity (Wildman–Crippen MR) is 83.2 cm³/mol. The summed E-state index contributed by atoms with van der Waals surface area (Å²) >= 11 is 1.76. The Morgan fingerprint density at radius 1 is 1.19 bits per heavy atom. The molecule has 4 heteroatoms. The van der Waals surface area contributed by atoms with Gasteiger partial charge in [0.2, 0.25) is 5.91 Å². The van der Waals surface area contributed by atoms with E-state index in [4.69, 9.17) is 10.5 Å². The van der Waals surface area contributed by atoms with Gasteiger partial charge in [0.05, 0.1) is 6.10 Å². The number of benzene rings is 2. The largest absolute Gasteiger partial charge is 0.368 e. The average molecular weight is 299 g/mol. The summed E-state index contributed by atoms with van der Waals surface area (Å²) in [6.45, 7) is -0.00930. The van der Waals surface area contributed by atoms with Crippen LogP contribution in [0.1, 0.15) is 23.7 Å². The van der Waals surface area contributed by atoms with Crippen molar-refractivity contribution in [2.75, 3.05) is 6.61 Å². The summed E-state index contributed by atoms with van der Waals surface area (Å²) in [4.78, 5) is 13.3. The zero-order valence-corrected chi connectivity index (χ0v) is 12.4. The van der Waals surface area contributed by atoms with Crippen molar-refractivity contribution in [3.05, 3.63) is 59.7 Å². The van der Waals surface area contributed by atoms with Crippen molar-refractivity contribution in [2.24, 2.45) is 5.73 Å². The van der Waals surface area contributed by atoms with Crippen molar-refractivity contribution in [2.45, 2.75) is 28.7 Å². The summed E-state index contributed by atoms with van der Waals surface area (Å²) in [5, 5.41) is 0. The number of fused-ring (bicyclic) bond motifs is 1. The standard InChI is InChI=1S/C17H17NO2S/c18-17(19)11-20-16-9-6-12-10-14(7-8-15(12)16)21-13-4-2-1-3-5-13/h1-5,7-8,10,16H,6,9,11H2,(H2,18,19). The number of carbonyl (C=O) groups is 1. The second kappa shape index (κ2) is 6.33. The predicted octanol–water partition coefficient (Wildman–Crippen LogP) is 3.33. The Balaban J connectivity index is 1.73. The molecule has 0 aromatic heterocycles. The topological polar surface area (TPSA) is 52.3 Å². The molecule has 108 valence electrons. The second-order valence-electron chi connectivity index (χ2n) is 5.08. The van der Waals surface area contributed by atoms with Crippen LogP contribution in [-0.4, -0.2) is 12.5 Å². The number of hydrogen-bond acceptors (Lipinski definition) is 3. The van der Waals surface area contributed by atoms with Gasteiger partial charge >= 0.3 is 0 Å². The highest BCUT2D eigenvalue weighted by atomic mass is 32.2. The molecule has 2 aromatic rings. The summed E-state index contributed by atoms with van der Waals surface area (Å²) < 4.78 is 5.57. The zero-order chi connectivity index (χ0) is 14.7. The fourth-order valence-electron chi connectivity index (χ4n) is 2.60. The third-order valence-corrected chi connectivity index (χ3v) is 4.54. The van der Waals surface area contributed by atoms with E-state index in [0.29, 0.717) is 0 Å². The smallest absolute Gasteiger partial charge is 0.243 e. The van der Waals surface area contributed by atoms with Crippen molar-refractivity contribution in [3.63, 3.8) is 0 Å². The molecule has 0 spiro atoms. The lowest BCUT2D eigenvalue weighted by atomic mass is 10.1. The summed E-state index contributed by atoms with van der Waals surface area (Å²) in [6.07, 6.45) is 1.91. The SMILES string of the molecule is NC(=O)COC1CCc2cc(Sc3ccccc3)ccc21. The Morgan fingerprint density at radius 2 is 2.00 bits per heavy atom. The van der Waals surface area contributed by atoms with Crippen LogP contribution in [0.15, 0.2) is 58.3 Å². The van der Waals surface area contributed by atoms with E-state index in [1.54, 1.807) is 11.8 Å². The van der Waals surface area contributed by atoms with Crippen LogP contribution in [0, 0.1) is 0 Å². The van der Waals surface area contributed by atoms with Crippen LogP contribution in [0.3, 0.4) is 0 Å². The first-order valence-electron chi connectivity index (χ1n) is 6.98. The molecule has 0 bridgehead atoms. The maximum atomic E-state index is 10.8. The summed E-state index contributed by atoms with van der Waals surface area (Å²) in [5.74, 6) is -0.417. The fourth-order valence-corrected chi connectivity index (χ4v) is 3.50. The average Bonchev–Trinajstić information content (AvgIpc) is 2.88. The molecule has 0 radical (unpaired) electrons. The van der Waals surface area contributed by atoms with Crippen LogP contribution in [-0.2, 0) is 16.0 Å². The van der Waals surface area contributed by atoms with E-state index in [0.717, 1.165) is 12.8 Å². The van der Waals surface area contributed by atoms with Crippen molar-refractivity contribution in [1.82, 2.24) is 0 Å². The van der Waals surface area contributed by atoms with Gasteiger partial charge < -0.3 is 10.5 Å². The molecule has 3 rings (SSSR count). The molecule has 1 aliphatic rings. The lowest BCUT2D eigenvalue weighted by Crippen LogP contribution is -2.19. The lowest BCUT2D eigenvalue weighted by molar-refractivity contribution is -0.124. The van der Waals surface area contributed by atoms with E-state index in [9.17, 15) is 4.79 Å². The molecule has 1 amide bonds. The molecule has 2 aromatic carbocycles. The third kappa shape index (κ3) is 3.46. The fraction of sp³-hybridized carbons (Fsp3) is 0.235. The second-order valence-corrected chi connectivity index (χ2v) is 6.23. The van der Waals surface area contributed by atoms with Gasteiger partial charge in [0, 0.05) is 9.79 Å². The molecule has 0 fully saturated rings. The maximum absolute atomic E-state index is 10.8. The monoisotopic (exact) mass is 299 g/mol. The number of amides is 1. The number of nitrogens with two attached hydrogens (primary N) is 1. The molecule has 0 heterocycles. The summed E-state index contributed by atoms with van der Waals surface area (Å²) in [6, 6.07) is 16.8. The number of rotatable bonds is 5. The van der Waals surface area contributed by atoms with Gasteiger partial charge in [-0.15, -0.1) is 0 Å². The van der Waals surface area contributed by atoms with Gasteiger partial charge in [0.15, 0.2) is 0 Å². The van der Waals surface area contributed by atoms with Crippen LogP contribution >= 0.6 is 11.8 Å². The Kier molecular flexibility index (Phi) is 4.27. The normalized spacial score (nSPS) is 16.7. The molecular formula is C17H17NO2S. The maximum Gasteiger partial charge on any atom is 0.243 e. The first-order valence-corrected chi connectivity index (χ1v) is 7.79. The molecule has 0 saturated heterocycles. The quantitative estimate of drug-likeness (QED) is 0.921. The van der Waals surface area contributed by atoms with Crippen LogP contribution in [0.4, 0.5) is 0 Å². The van der Waals surface area contributed by atoms with Gasteiger partial charge in [0.25, 0.3) is 0 Å². The van der Waals surface area contributed by atoms with E-state index in [1.165, 1.54) is 20.9 Å². The molecule has 2 N–H and O–H groups in total. The summed E-state index contributed by atoms with van der Waals surface area (Å²) in [5.41, 5.74) is 7.63. The zero-order valence-electron chi connectivity index (χ0n) is 11.6. The Hall–Kier alpha value is -1.78. The van der Waals surface area contributed by atoms with Gasteiger partial charge in [-0.1, -0.05) is 36.0 Å². The minimum Gasteiger partial charge on any atom is -0.368 e. The first-order chi connectivity index (χ1) is 10.2. The highest BCUT2D eigenvalue weighted by Crippen LogP contribution is 2.37. The van der Waals surface area contributed by atoms with E-state index in [-0.39, 0.29) is 12.7 Å². The third-order valence-electron chi connectivity index (χ3n) is 3.54. The number of hydrogen-bond donors (Lipinski definition) is 1. The number of carbonyl (C=O) groups excluding carboxylic acids is 1. The van der Waals surface area contributed by atoms with Crippen LogP contribution < -0.4 is 5.73 Å². The minimum absolute atomic E-state index is 0.00303. The molecule has 1 aliphatic carbocycles. The highest BCUT2D eigenvalue weighted by molar-refractivity contribution is 7.99. The van der Waals surface area contributed by atoms with Crippen molar-refractivity contribution in [1.29, 1.82) is 0 Å². The van der Waals surface area contributed by atoms with Crippen LogP contribution in [0.5, 0.6) is 0 Å². The number of aryl methyl sites for hydroxylation is 1. The Bertz CT molecular complexity index is 642. The highest BCUT2D eigenvalue weighted by Gasteiger charge is 2.23. The van der Waals surface area contributed by atoms with Crippen molar-refractivity contribution in [3.8, 4) is 0 Å². The molecule has 0 saturated carbocycles. The molecule has 1 atom stereocenters. The lowest BCUT2D eigenvalue weighted by Gasteiger charge is -2.12. The van der Waals surface area contributed by atoms with Gasteiger partial charge in [-0.25, -0.2) is 0 Å².